The van der Waals surface area contributed by atoms with Crippen LogP contribution in [0.4, 0.5) is 0 Å². The minimum atomic E-state index is -0.618. The number of benzene rings is 1. The molecule has 1 aromatic carbocycles. The zero-order chi connectivity index (χ0) is 13.2. The first-order valence-corrected chi connectivity index (χ1v) is 6.82. The Labute approximate surface area is 114 Å². The number of hydrogen-bond acceptors (Lipinski definition) is 4. The molecular formula is C15H12N2OS. The van der Waals surface area contributed by atoms with E-state index in [1.807, 2.05) is 41.8 Å². The van der Waals surface area contributed by atoms with Gasteiger partial charge in [0.15, 0.2) is 5.78 Å². The van der Waals surface area contributed by atoms with Crippen molar-refractivity contribution in [3.05, 3.63) is 64.5 Å². The Kier molecular flexibility index (Phi) is 3.11. The van der Waals surface area contributed by atoms with Crippen LogP contribution >= 0.6 is 11.3 Å². The standard InChI is InChI=1S/C15H12N2OS/c16-13(12-7-3-9-19-12)15(18)11-6-1-4-10-5-2-8-17-14(10)11/h1-9,13H,16H2. The van der Waals surface area contributed by atoms with E-state index in [1.165, 1.54) is 11.3 Å². The molecule has 94 valence electrons. The number of hydrogen-bond donors (Lipinski definition) is 1. The van der Waals surface area contributed by atoms with Crippen LogP contribution in [0.1, 0.15) is 21.3 Å². The van der Waals surface area contributed by atoms with E-state index in [9.17, 15) is 4.79 Å². The van der Waals surface area contributed by atoms with Crippen molar-refractivity contribution in [3.63, 3.8) is 0 Å². The van der Waals surface area contributed by atoms with E-state index in [4.69, 9.17) is 5.73 Å². The van der Waals surface area contributed by atoms with Crippen molar-refractivity contribution in [2.75, 3.05) is 0 Å². The Bertz CT molecular complexity index is 717. The van der Waals surface area contributed by atoms with E-state index in [0.29, 0.717) is 11.1 Å². The van der Waals surface area contributed by atoms with E-state index in [0.717, 1.165) is 10.3 Å². The molecule has 3 nitrogen and oxygen atoms in total. The summed E-state index contributed by atoms with van der Waals surface area (Å²) in [4.78, 5) is 17.7. The number of aromatic nitrogens is 1. The molecule has 1 atom stereocenters. The van der Waals surface area contributed by atoms with Gasteiger partial charge in [0.1, 0.15) is 6.04 Å². The third kappa shape index (κ3) is 2.16. The van der Waals surface area contributed by atoms with Crippen LogP contribution in [-0.2, 0) is 0 Å². The number of pyridine rings is 1. The minimum Gasteiger partial charge on any atom is -0.317 e. The van der Waals surface area contributed by atoms with Crippen LogP contribution in [0, 0.1) is 0 Å². The Hall–Kier alpha value is -2.04. The fourth-order valence-corrected chi connectivity index (χ4v) is 2.79. The summed E-state index contributed by atoms with van der Waals surface area (Å²) in [5.74, 6) is -0.0910. The van der Waals surface area contributed by atoms with Crippen LogP contribution in [0.25, 0.3) is 10.9 Å². The first-order chi connectivity index (χ1) is 9.27. The summed E-state index contributed by atoms with van der Waals surface area (Å²) in [6, 6.07) is 12.5. The van der Waals surface area contributed by atoms with E-state index in [-0.39, 0.29) is 5.78 Å². The number of fused-ring (bicyclic) bond motifs is 1. The SMILES string of the molecule is NC(C(=O)c1cccc2cccnc12)c1cccs1. The van der Waals surface area contributed by atoms with Crippen LogP contribution in [0.15, 0.2) is 54.0 Å². The minimum absolute atomic E-state index is 0.0910. The molecule has 2 heterocycles. The van der Waals surface area contributed by atoms with Gasteiger partial charge in [-0.25, -0.2) is 0 Å². The molecule has 0 fully saturated rings. The van der Waals surface area contributed by atoms with Crippen molar-refractivity contribution in [2.45, 2.75) is 6.04 Å². The van der Waals surface area contributed by atoms with Crippen molar-refractivity contribution in [1.82, 2.24) is 4.98 Å². The average Bonchev–Trinajstić information content (AvgIpc) is 2.99. The maximum atomic E-state index is 12.5. The highest BCUT2D eigenvalue weighted by Gasteiger charge is 2.20. The van der Waals surface area contributed by atoms with Crippen LogP contribution in [0.2, 0.25) is 0 Å². The predicted octanol–water partition coefficient (Wildman–Crippen LogP) is 3.18. The largest absolute Gasteiger partial charge is 0.317 e. The fraction of sp³-hybridized carbons (Fsp3) is 0.0667. The van der Waals surface area contributed by atoms with Crippen molar-refractivity contribution < 1.29 is 4.79 Å². The third-order valence-corrected chi connectivity index (χ3v) is 3.99. The molecule has 1 unspecified atom stereocenters. The lowest BCUT2D eigenvalue weighted by Gasteiger charge is -2.10. The number of thiophene rings is 1. The molecule has 0 saturated carbocycles. The van der Waals surface area contributed by atoms with Gasteiger partial charge in [0.05, 0.1) is 5.52 Å². The summed E-state index contributed by atoms with van der Waals surface area (Å²) in [6.45, 7) is 0. The molecule has 2 aromatic heterocycles. The molecule has 2 N–H and O–H groups in total. The van der Waals surface area contributed by atoms with Gasteiger partial charge < -0.3 is 5.73 Å². The van der Waals surface area contributed by atoms with Crippen molar-refractivity contribution in [3.8, 4) is 0 Å². The zero-order valence-corrected chi connectivity index (χ0v) is 10.9. The van der Waals surface area contributed by atoms with E-state index < -0.39 is 6.04 Å². The molecule has 4 heteroatoms. The van der Waals surface area contributed by atoms with Gasteiger partial charge in [-0.2, -0.15) is 0 Å². The summed E-state index contributed by atoms with van der Waals surface area (Å²) in [5, 5.41) is 2.87. The van der Waals surface area contributed by atoms with Crippen LogP contribution in [0.3, 0.4) is 0 Å². The van der Waals surface area contributed by atoms with Gasteiger partial charge in [0, 0.05) is 22.0 Å². The highest BCUT2D eigenvalue weighted by atomic mass is 32.1. The second-order valence-corrected chi connectivity index (χ2v) is 5.22. The van der Waals surface area contributed by atoms with Gasteiger partial charge in [0.2, 0.25) is 0 Å². The van der Waals surface area contributed by atoms with Crippen LogP contribution in [-0.4, -0.2) is 10.8 Å². The lowest BCUT2D eigenvalue weighted by Crippen LogP contribution is -2.20. The van der Waals surface area contributed by atoms with Crippen molar-refractivity contribution >= 4 is 28.0 Å². The topological polar surface area (TPSA) is 56.0 Å². The smallest absolute Gasteiger partial charge is 0.187 e. The Morgan fingerprint density at radius 3 is 2.79 bits per heavy atom. The van der Waals surface area contributed by atoms with Gasteiger partial charge in [-0.1, -0.05) is 24.3 Å². The molecule has 0 bridgehead atoms. The lowest BCUT2D eigenvalue weighted by molar-refractivity contribution is 0.0964. The summed E-state index contributed by atoms with van der Waals surface area (Å²) < 4.78 is 0. The molecule has 0 radical (unpaired) electrons. The van der Waals surface area contributed by atoms with Gasteiger partial charge in [-0.15, -0.1) is 11.3 Å². The maximum Gasteiger partial charge on any atom is 0.187 e. The number of rotatable bonds is 3. The number of ketones is 1. The second-order valence-electron chi connectivity index (χ2n) is 4.24. The number of para-hydroxylation sites is 1. The highest BCUT2D eigenvalue weighted by Crippen LogP contribution is 2.24. The van der Waals surface area contributed by atoms with Crippen molar-refractivity contribution in [2.24, 2.45) is 5.73 Å². The normalized spacial score (nSPS) is 12.5. The highest BCUT2D eigenvalue weighted by molar-refractivity contribution is 7.10. The predicted molar refractivity (Wildman–Crippen MR) is 77.3 cm³/mol. The summed E-state index contributed by atoms with van der Waals surface area (Å²) >= 11 is 1.49. The fourth-order valence-electron chi connectivity index (χ4n) is 2.07. The quantitative estimate of drug-likeness (QED) is 0.742. The molecule has 0 amide bonds. The van der Waals surface area contributed by atoms with Gasteiger partial charge in [0.25, 0.3) is 0 Å². The molecule has 0 spiro atoms. The first-order valence-electron chi connectivity index (χ1n) is 5.94. The monoisotopic (exact) mass is 268 g/mol. The summed E-state index contributed by atoms with van der Waals surface area (Å²) in [5.41, 5.74) is 7.33. The lowest BCUT2D eigenvalue weighted by atomic mass is 10.0. The molecule has 3 rings (SSSR count). The molecule has 3 aromatic rings. The number of carbonyl (C=O) groups excluding carboxylic acids is 1. The van der Waals surface area contributed by atoms with E-state index >= 15 is 0 Å². The molecule has 0 saturated heterocycles. The molecule has 19 heavy (non-hydrogen) atoms. The third-order valence-electron chi connectivity index (χ3n) is 3.03. The van der Waals surface area contributed by atoms with Gasteiger partial charge >= 0.3 is 0 Å². The molecule has 0 aliphatic rings. The Balaban J connectivity index is 2.07. The van der Waals surface area contributed by atoms with E-state index in [1.54, 1.807) is 12.3 Å². The summed E-state index contributed by atoms with van der Waals surface area (Å²) in [7, 11) is 0. The average molecular weight is 268 g/mol. The van der Waals surface area contributed by atoms with Crippen LogP contribution < -0.4 is 5.73 Å². The van der Waals surface area contributed by atoms with Crippen LogP contribution in [0.5, 0.6) is 0 Å². The summed E-state index contributed by atoms with van der Waals surface area (Å²) in [6.07, 6.45) is 1.69. The molecule has 0 aliphatic carbocycles. The zero-order valence-electron chi connectivity index (χ0n) is 10.1. The van der Waals surface area contributed by atoms with E-state index in [2.05, 4.69) is 4.98 Å². The Morgan fingerprint density at radius 2 is 2.00 bits per heavy atom. The van der Waals surface area contributed by atoms with Gasteiger partial charge in [-0.05, 0) is 23.6 Å². The number of carbonyl (C=O) groups is 1. The number of nitrogens with two attached hydrogens (primary N) is 1. The molecule has 0 aliphatic heterocycles. The number of Topliss-reactive ketones (excluding diaryl/α,β-unsaturated/α-hetero) is 1. The molecular weight excluding hydrogens is 256 g/mol. The Morgan fingerprint density at radius 1 is 1.16 bits per heavy atom. The number of nitrogens with zero attached hydrogens (tertiary/aromatic N) is 1. The second kappa shape index (κ2) is 4.91. The van der Waals surface area contributed by atoms with Crippen molar-refractivity contribution in [1.29, 1.82) is 0 Å². The first kappa shape index (κ1) is 12.0. The van der Waals surface area contributed by atoms with Gasteiger partial charge in [-0.3, -0.25) is 9.78 Å². The maximum absolute atomic E-state index is 12.5.